The molecule has 4 aromatic rings. The largest absolute Gasteiger partial charge is 0.357 e. The van der Waals surface area contributed by atoms with Gasteiger partial charge >= 0.3 is 0 Å². The number of nitrogens with one attached hydrogen (secondary N) is 1. The summed E-state index contributed by atoms with van der Waals surface area (Å²) in [5.74, 6) is -1.41. The molecule has 0 saturated carbocycles. The highest BCUT2D eigenvalue weighted by Gasteiger charge is 2.34. The van der Waals surface area contributed by atoms with Crippen LogP contribution in [0.2, 0.25) is 0 Å². The molecule has 0 saturated heterocycles. The first-order valence-electron chi connectivity index (χ1n) is 14.0. The Morgan fingerprint density at radius 1 is 0.814 bits per heavy atom. The molecule has 0 fully saturated rings. The van der Waals surface area contributed by atoms with Gasteiger partial charge in [0, 0.05) is 20.0 Å². The van der Waals surface area contributed by atoms with Crippen molar-refractivity contribution in [2.45, 2.75) is 44.7 Å². The van der Waals surface area contributed by atoms with Gasteiger partial charge in [0.15, 0.2) is 0 Å². The maximum atomic E-state index is 14.3. The second kappa shape index (κ2) is 13.6. The Morgan fingerprint density at radius 2 is 1.44 bits per heavy atom. The number of amides is 2. The van der Waals surface area contributed by atoms with Crippen LogP contribution in [0.1, 0.15) is 27.8 Å². The summed E-state index contributed by atoms with van der Waals surface area (Å²) in [6, 6.07) is 25.8. The van der Waals surface area contributed by atoms with E-state index in [0.29, 0.717) is 16.8 Å². The first kappa shape index (κ1) is 31.4. The summed E-state index contributed by atoms with van der Waals surface area (Å²) in [4.78, 5) is 29.1. The standard InChI is InChI=1S/C34H36FN3O4S/c1-24-11-18-30(19-12-24)43(41,42)38(31-20-25(2)10-13-26(31)3)23-33(39)37(22-28-14-16-29(35)17-15-28)32(34(40)36-4)21-27-8-6-5-7-9-27/h5-20,32H,21-23H2,1-4H3,(H,36,40). The number of hydrogen-bond acceptors (Lipinski definition) is 4. The van der Waals surface area contributed by atoms with Crippen molar-refractivity contribution in [3.8, 4) is 0 Å². The predicted molar refractivity (Wildman–Crippen MR) is 167 cm³/mol. The van der Waals surface area contributed by atoms with Crippen molar-refractivity contribution in [1.29, 1.82) is 0 Å². The van der Waals surface area contributed by atoms with E-state index in [9.17, 15) is 22.4 Å². The fourth-order valence-electron chi connectivity index (χ4n) is 4.85. The Bertz CT molecular complexity index is 1680. The number of rotatable bonds is 11. The molecule has 0 spiro atoms. The molecule has 0 heterocycles. The minimum absolute atomic E-state index is 0.0325. The van der Waals surface area contributed by atoms with E-state index in [4.69, 9.17) is 0 Å². The van der Waals surface area contributed by atoms with Gasteiger partial charge in [0.2, 0.25) is 11.8 Å². The lowest BCUT2D eigenvalue weighted by atomic mass is 10.0. The second-order valence-corrected chi connectivity index (χ2v) is 12.4. The average molecular weight is 602 g/mol. The Balaban J connectivity index is 1.81. The van der Waals surface area contributed by atoms with E-state index >= 15 is 0 Å². The number of anilines is 1. The molecule has 9 heteroatoms. The molecule has 4 aromatic carbocycles. The molecule has 1 N–H and O–H groups in total. The second-order valence-electron chi connectivity index (χ2n) is 10.6. The summed E-state index contributed by atoms with van der Waals surface area (Å²) in [7, 11) is -2.70. The predicted octanol–water partition coefficient (Wildman–Crippen LogP) is 5.33. The fraction of sp³-hybridized carbons (Fsp3) is 0.235. The van der Waals surface area contributed by atoms with E-state index in [2.05, 4.69) is 5.32 Å². The zero-order chi connectivity index (χ0) is 31.1. The minimum atomic E-state index is -4.19. The molecule has 1 atom stereocenters. The maximum absolute atomic E-state index is 14.3. The Kier molecular flexibility index (Phi) is 9.98. The van der Waals surface area contributed by atoms with E-state index in [1.54, 1.807) is 37.3 Å². The molecular formula is C34H36FN3O4S. The molecule has 0 aromatic heterocycles. The summed E-state index contributed by atoms with van der Waals surface area (Å²) in [6.07, 6.45) is 0.196. The van der Waals surface area contributed by atoms with Gasteiger partial charge in [0.25, 0.3) is 10.0 Å². The molecular weight excluding hydrogens is 565 g/mol. The Hall–Kier alpha value is -4.50. The van der Waals surface area contributed by atoms with Crippen LogP contribution in [0, 0.1) is 26.6 Å². The zero-order valence-electron chi connectivity index (χ0n) is 24.7. The van der Waals surface area contributed by atoms with E-state index in [-0.39, 0.29) is 17.9 Å². The summed E-state index contributed by atoms with van der Waals surface area (Å²) in [5.41, 5.74) is 4.19. The van der Waals surface area contributed by atoms with Gasteiger partial charge in [0.1, 0.15) is 18.4 Å². The third-order valence-electron chi connectivity index (χ3n) is 7.30. The fourth-order valence-corrected chi connectivity index (χ4v) is 6.32. The van der Waals surface area contributed by atoms with E-state index < -0.39 is 40.2 Å². The lowest BCUT2D eigenvalue weighted by Gasteiger charge is -2.34. The van der Waals surface area contributed by atoms with Crippen molar-refractivity contribution in [2.75, 3.05) is 17.9 Å². The number of carbonyl (C=O) groups is 2. The van der Waals surface area contributed by atoms with Crippen molar-refractivity contribution in [3.05, 3.63) is 131 Å². The number of halogens is 1. The van der Waals surface area contributed by atoms with Crippen molar-refractivity contribution in [3.63, 3.8) is 0 Å². The SMILES string of the molecule is CNC(=O)C(Cc1ccccc1)N(Cc1ccc(F)cc1)C(=O)CN(c1cc(C)ccc1C)S(=O)(=O)c1ccc(C)cc1. The Labute approximate surface area is 253 Å². The van der Waals surface area contributed by atoms with Gasteiger partial charge < -0.3 is 10.2 Å². The number of sulfonamides is 1. The van der Waals surface area contributed by atoms with Gasteiger partial charge in [-0.1, -0.05) is 72.3 Å². The third kappa shape index (κ3) is 7.67. The van der Waals surface area contributed by atoms with Crippen molar-refractivity contribution >= 4 is 27.5 Å². The van der Waals surface area contributed by atoms with E-state index in [0.717, 1.165) is 21.0 Å². The van der Waals surface area contributed by atoms with Crippen LogP contribution in [0.4, 0.5) is 10.1 Å². The van der Waals surface area contributed by atoms with Crippen LogP contribution < -0.4 is 9.62 Å². The molecule has 0 aliphatic heterocycles. The molecule has 2 amide bonds. The number of benzene rings is 4. The summed E-state index contributed by atoms with van der Waals surface area (Å²) in [5, 5.41) is 2.65. The topological polar surface area (TPSA) is 86.8 Å². The summed E-state index contributed by atoms with van der Waals surface area (Å²) >= 11 is 0. The van der Waals surface area contributed by atoms with Gasteiger partial charge in [-0.2, -0.15) is 0 Å². The summed E-state index contributed by atoms with van der Waals surface area (Å²) < 4.78 is 43.1. The van der Waals surface area contributed by atoms with Crippen LogP contribution in [0.15, 0.2) is 102 Å². The van der Waals surface area contributed by atoms with E-state index in [1.165, 1.54) is 36.2 Å². The van der Waals surface area contributed by atoms with Crippen LogP contribution in [0.5, 0.6) is 0 Å². The van der Waals surface area contributed by atoms with Crippen molar-refractivity contribution in [2.24, 2.45) is 0 Å². The lowest BCUT2D eigenvalue weighted by Crippen LogP contribution is -2.53. The summed E-state index contributed by atoms with van der Waals surface area (Å²) in [6.45, 7) is 4.92. The minimum Gasteiger partial charge on any atom is -0.357 e. The zero-order valence-corrected chi connectivity index (χ0v) is 25.6. The number of hydrogen-bond donors (Lipinski definition) is 1. The van der Waals surface area contributed by atoms with Crippen molar-refractivity contribution < 1.29 is 22.4 Å². The molecule has 0 aliphatic rings. The van der Waals surface area contributed by atoms with Gasteiger partial charge in [-0.3, -0.25) is 13.9 Å². The van der Waals surface area contributed by atoms with E-state index in [1.807, 2.05) is 56.3 Å². The van der Waals surface area contributed by atoms with Gasteiger partial charge in [-0.05, 0) is 73.4 Å². The smallest absolute Gasteiger partial charge is 0.264 e. The molecule has 0 aliphatic carbocycles. The molecule has 43 heavy (non-hydrogen) atoms. The molecule has 7 nitrogen and oxygen atoms in total. The highest BCUT2D eigenvalue weighted by molar-refractivity contribution is 7.92. The first-order valence-corrected chi connectivity index (χ1v) is 15.4. The number of aryl methyl sites for hydroxylation is 3. The van der Waals surface area contributed by atoms with Gasteiger partial charge in [-0.15, -0.1) is 0 Å². The molecule has 4 rings (SSSR count). The molecule has 0 bridgehead atoms. The Morgan fingerprint density at radius 3 is 2.07 bits per heavy atom. The van der Waals surface area contributed by atoms with Gasteiger partial charge in [-0.25, -0.2) is 12.8 Å². The normalized spacial score (nSPS) is 11.9. The quantitative estimate of drug-likeness (QED) is 0.252. The van der Waals surface area contributed by atoms with Crippen LogP contribution in [0.25, 0.3) is 0 Å². The third-order valence-corrected chi connectivity index (χ3v) is 9.08. The lowest BCUT2D eigenvalue weighted by molar-refractivity contribution is -0.139. The highest BCUT2D eigenvalue weighted by Crippen LogP contribution is 2.29. The highest BCUT2D eigenvalue weighted by atomic mass is 32.2. The maximum Gasteiger partial charge on any atom is 0.264 e. The molecule has 224 valence electrons. The average Bonchev–Trinajstić information content (AvgIpc) is 3.00. The number of likely N-dealkylation sites (N-methyl/N-ethyl adjacent to an activating group) is 1. The van der Waals surface area contributed by atoms with Gasteiger partial charge in [0.05, 0.1) is 10.6 Å². The molecule has 1 unspecified atom stereocenters. The van der Waals surface area contributed by atoms with Crippen LogP contribution in [-0.4, -0.2) is 44.8 Å². The van der Waals surface area contributed by atoms with Crippen molar-refractivity contribution in [1.82, 2.24) is 10.2 Å². The van der Waals surface area contributed by atoms with Crippen LogP contribution in [0.3, 0.4) is 0 Å². The monoisotopic (exact) mass is 601 g/mol. The van der Waals surface area contributed by atoms with Crippen LogP contribution in [-0.2, 0) is 32.6 Å². The number of nitrogens with zero attached hydrogens (tertiary/aromatic N) is 2. The van der Waals surface area contributed by atoms with Crippen LogP contribution >= 0.6 is 0 Å². The first-order chi connectivity index (χ1) is 20.5. The molecule has 0 radical (unpaired) electrons. The number of carbonyl (C=O) groups excluding carboxylic acids is 2.